The van der Waals surface area contributed by atoms with Crippen LogP contribution in [-0.2, 0) is 11.8 Å². The first-order valence-corrected chi connectivity index (χ1v) is 24.8. The van der Waals surface area contributed by atoms with Crippen molar-refractivity contribution >= 4 is 60.8 Å². The number of hydrogen-bond donors (Lipinski definition) is 1. The molecular formula is C68H59NO2. The van der Waals surface area contributed by atoms with Crippen LogP contribution in [0.4, 0.5) is 11.4 Å². The molecule has 1 N–H and O–H groups in total. The number of nitrogens with one attached hydrogen (secondary N) is 1. The fraction of sp³-hybridized carbons (Fsp3) is 0.118. The fourth-order valence-corrected chi connectivity index (χ4v) is 10.1. The summed E-state index contributed by atoms with van der Waals surface area (Å²) in [5.41, 5.74) is 21.4. The molecule has 2 aromatic heterocycles. The zero-order chi connectivity index (χ0) is 48.9. The zero-order valence-electron chi connectivity index (χ0n) is 41.3. The van der Waals surface area contributed by atoms with Crippen molar-refractivity contribution in [2.45, 2.75) is 52.9 Å². The molecule has 0 unspecified atom stereocenters. The summed E-state index contributed by atoms with van der Waals surface area (Å²) in [7, 11) is 0. The minimum atomic E-state index is 0.00727. The van der Waals surface area contributed by atoms with Gasteiger partial charge in [-0.2, -0.15) is 0 Å². The van der Waals surface area contributed by atoms with Gasteiger partial charge in [-0.1, -0.05) is 221 Å². The molecule has 0 amide bonds. The van der Waals surface area contributed by atoms with Gasteiger partial charge in [0.25, 0.3) is 0 Å². The Labute approximate surface area is 418 Å². The van der Waals surface area contributed by atoms with E-state index in [0.29, 0.717) is 0 Å². The third-order valence-electron chi connectivity index (χ3n) is 13.7. The molecule has 0 saturated carbocycles. The standard InChI is InChI=1S/C28H25N.C21H18O.C19H16O/c1-19-13-15-23-24-16-14-21(18-26(24)28(2,3)25(23)17-19)29-27-12-8-7-11-22(27)20-9-5-4-6-10-20;1-2-5-15-8-10-16(11-9-15)17-12-13-21-19(14-17)18-6-3-4-7-20(18)22-21;1-3-8-14(9-4-2)15-11-7-12-17-16-10-5-6-13-18(16)20-19(15)17/h4-18,29H,1-3H3;3-4,6-14H,2,5H2,1H3;3-13H,1H2,2H3/b;;9-4-,14-8+. The lowest BCUT2D eigenvalue weighted by atomic mass is 9.82. The van der Waals surface area contributed by atoms with Gasteiger partial charge in [-0.15, -0.1) is 0 Å². The SMILES string of the molecule is C=C/C=C(\C=C/C)c1cccc2c1oc1ccccc12.CCCc1ccc(-c2ccc3oc4ccccc4c3c2)cc1.Cc1ccc2c(c1)C(C)(C)c1cc(Nc3ccccc3-c3ccccc3)ccc1-2. The lowest BCUT2D eigenvalue weighted by Crippen LogP contribution is -2.15. The van der Waals surface area contributed by atoms with Crippen molar-refractivity contribution in [3.05, 3.63) is 259 Å². The van der Waals surface area contributed by atoms with Crippen LogP contribution in [0.25, 0.3) is 82.8 Å². The highest BCUT2D eigenvalue weighted by atomic mass is 16.3. The zero-order valence-corrected chi connectivity index (χ0v) is 41.3. The number of benzene rings is 9. The summed E-state index contributed by atoms with van der Waals surface area (Å²) < 4.78 is 11.9. The van der Waals surface area contributed by atoms with E-state index in [2.05, 4.69) is 216 Å². The summed E-state index contributed by atoms with van der Waals surface area (Å²) in [6.07, 6.45) is 10.2. The van der Waals surface area contributed by atoms with Crippen LogP contribution in [0.15, 0.2) is 240 Å². The van der Waals surface area contributed by atoms with Crippen LogP contribution in [0.2, 0.25) is 0 Å². The lowest BCUT2D eigenvalue weighted by molar-refractivity contribution is 0.660. The number of hydrogen-bond acceptors (Lipinski definition) is 3. The number of anilines is 2. The van der Waals surface area contributed by atoms with E-state index < -0.39 is 0 Å². The van der Waals surface area contributed by atoms with Gasteiger partial charge in [0.1, 0.15) is 22.3 Å². The van der Waals surface area contributed by atoms with E-state index in [1.807, 2.05) is 49.4 Å². The quantitative estimate of drug-likeness (QED) is 0.147. The first-order chi connectivity index (χ1) is 34.7. The van der Waals surface area contributed by atoms with Crippen molar-refractivity contribution in [3.63, 3.8) is 0 Å². The monoisotopic (exact) mass is 921 g/mol. The van der Waals surface area contributed by atoms with Crippen molar-refractivity contribution in [2.24, 2.45) is 0 Å². The Hall–Kier alpha value is -8.40. The minimum Gasteiger partial charge on any atom is -0.456 e. The van der Waals surface area contributed by atoms with Crippen LogP contribution >= 0.6 is 0 Å². The van der Waals surface area contributed by atoms with Crippen molar-refractivity contribution in [1.82, 2.24) is 0 Å². The normalized spacial score (nSPS) is 12.6. The van der Waals surface area contributed by atoms with Gasteiger partial charge in [-0.05, 0) is 113 Å². The third-order valence-corrected chi connectivity index (χ3v) is 13.7. The molecule has 11 aromatic rings. The molecule has 0 atom stereocenters. The molecule has 0 aliphatic heterocycles. The van der Waals surface area contributed by atoms with Crippen LogP contribution < -0.4 is 5.32 Å². The van der Waals surface area contributed by atoms with Gasteiger partial charge < -0.3 is 14.2 Å². The van der Waals surface area contributed by atoms with E-state index in [1.165, 1.54) is 72.8 Å². The number of rotatable bonds is 9. The highest BCUT2D eigenvalue weighted by Gasteiger charge is 2.35. The highest BCUT2D eigenvalue weighted by Crippen LogP contribution is 2.50. The van der Waals surface area contributed by atoms with Gasteiger partial charge in [0, 0.05) is 49.5 Å². The van der Waals surface area contributed by atoms with Crippen LogP contribution in [0, 0.1) is 6.92 Å². The van der Waals surface area contributed by atoms with Gasteiger partial charge in [0.15, 0.2) is 0 Å². The second kappa shape index (κ2) is 20.3. The van der Waals surface area contributed by atoms with Gasteiger partial charge in [-0.3, -0.25) is 0 Å². The predicted molar refractivity (Wildman–Crippen MR) is 304 cm³/mol. The maximum absolute atomic E-state index is 6.05. The minimum absolute atomic E-state index is 0.00727. The van der Waals surface area contributed by atoms with Gasteiger partial charge >= 0.3 is 0 Å². The van der Waals surface area contributed by atoms with E-state index in [1.54, 1.807) is 6.08 Å². The average molecular weight is 922 g/mol. The molecule has 3 heteroatoms. The molecule has 2 heterocycles. The number of aryl methyl sites for hydroxylation is 2. The maximum Gasteiger partial charge on any atom is 0.143 e. The van der Waals surface area contributed by atoms with E-state index in [9.17, 15) is 0 Å². The summed E-state index contributed by atoms with van der Waals surface area (Å²) in [6.45, 7) is 14.9. The second-order valence-electron chi connectivity index (χ2n) is 18.9. The Morgan fingerprint density at radius 3 is 1.93 bits per heavy atom. The van der Waals surface area contributed by atoms with E-state index in [-0.39, 0.29) is 5.41 Å². The molecule has 0 bridgehead atoms. The van der Waals surface area contributed by atoms with E-state index in [4.69, 9.17) is 8.83 Å². The van der Waals surface area contributed by atoms with Crippen molar-refractivity contribution in [1.29, 1.82) is 0 Å². The molecule has 1 aliphatic carbocycles. The molecule has 71 heavy (non-hydrogen) atoms. The van der Waals surface area contributed by atoms with Crippen LogP contribution in [0.1, 0.15) is 61.9 Å². The van der Waals surface area contributed by atoms with Crippen LogP contribution in [-0.4, -0.2) is 0 Å². The van der Waals surface area contributed by atoms with E-state index in [0.717, 1.165) is 62.0 Å². The summed E-state index contributed by atoms with van der Waals surface area (Å²) in [5, 5.41) is 8.35. The molecule has 348 valence electrons. The summed E-state index contributed by atoms with van der Waals surface area (Å²) in [4.78, 5) is 0. The summed E-state index contributed by atoms with van der Waals surface area (Å²) in [5.74, 6) is 0. The smallest absolute Gasteiger partial charge is 0.143 e. The van der Waals surface area contributed by atoms with Crippen LogP contribution in [0.5, 0.6) is 0 Å². The summed E-state index contributed by atoms with van der Waals surface area (Å²) in [6, 6.07) is 70.6. The van der Waals surface area contributed by atoms with Gasteiger partial charge in [-0.25, -0.2) is 0 Å². The Balaban J connectivity index is 0.000000126. The number of para-hydroxylation sites is 4. The van der Waals surface area contributed by atoms with Crippen molar-refractivity contribution in [3.8, 4) is 33.4 Å². The Morgan fingerprint density at radius 2 is 1.18 bits per heavy atom. The predicted octanol–water partition coefficient (Wildman–Crippen LogP) is 19.6. The molecule has 0 saturated heterocycles. The first kappa shape index (κ1) is 46.3. The molecule has 12 rings (SSSR count). The van der Waals surface area contributed by atoms with E-state index >= 15 is 0 Å². The molecule has 0 radical (unpaired) electrons. The van der Waals surface area contributed by atoms with Crippen molar-refractivity contribution < 1.29 is 8.83 Å². The van der Waals surface area contributed by atoms with Crippen LogP contribution in [0.3, 0.4) is 0 Å². The molecule has 0 fully saturated rings. The largest absolute Gasteiger partial charge is 0.456 e. The molecule has 3 nitrogen and oxygen atoms in total. The molecule has 1 aliphatic rings. The Kier molecular flexibility index (Phi) is 13.2. The summed E-state index contributed by atoms with van der Waals surface area (Å²) >= 11 is 0. The topological polar surface area (TPSA) is 38.3 Å². The lowest BCUT2D eigenvalue weighted by Gasteiger charge is -2.22. The maximum atomic E-state index is 6.05. The average Bonchev–Trinajstić information content (AvgIpc) is 4.04. The highest BCUT2D eigenvalue weighted by molar-refractivity contribution is 6.09. The molecule has 9 aromatic carbocycles. The number of fused-ring (bicyclic) bond motifs is 9. The Morgan fingerprint density at radius 1 is 0.549 bits per heavy atom. The Bertz CT molecular complexity index is 3750. The number of furan rings is 2. The van der Waals surface area contributed by atoms with Gasteiger partial charge in [0.2, 0.25) is 0 Å². The first-order valence-electron chi connectivity index (χ1n) is 24.8. The number of allylic oxidation sites excluding steroid dienone is 5. The van der Waals surface area contributed by atoms with Gasteiger partial charge in [0.05, 0.1) is 0 Å². The molecule has 0 spiro atoms. The second-order valence-corrected chi connectivity index (χ2v) is 18.9. The fourth-order valence-electron chi connectivity index (χ4n) is 10.1. The molecular weight excluding hydrogens is 863 g/mol. The third kappa shape index (κ3) is 9.40. The van der Waals surface area contributed by atoms with Crippen molar-refractivity contribution in [2.75, 3.05) is 5.32 Å².